The molecule has 0 aliphatic carbocycles. The molecule has 0 bridgehead atoms. The minimum atomic E-state index is 0.640. The predicted octanol–water partition coefficient (Wildman–Crippen LogP) is 2.32. The first-order chi connectivity index (χ1) is 6.74. The van der Waals surface area contributed by atoms with Crippen LogP contribution in [0.5, 0.6) is 5.88 Å². The summed E-state index contributed by atoms with van der Waals surface area (Å²) in [6.07, 6.45) is 3.81. The molecule has 1 rings (SSSR count). The fraction of sp³-hybridized carbons (Fsp3) is 0.364. The van der Waals surface area contributed by atoms with Crippen LogP contribution in [-0.2, 0) is 0 Å². The van der Waals surface area contributed by atoms with Crippen LogP contribution in [0.2, 0.25) is 0 Å². The number of nitrogen functional groups attached to an aromatic ring is 1. The van der Waals surface area contributed by atoms with E-state index in [0.717, 1.165) is 18.5 Å². The van der Waals surface area contributed by atoms with Crippen molar-refractivity contribution in [1.82, 2.24) is 4.98 Å². The molecule has 0 saturated carbocycles. The molecule has 0 aliphatic heterocycles. The van der Waals surface area contributed by atoms with Crippen LogP contribution in [0, 0.1) is 6.92 Å². The summed E-state index contributed by atoms with van der Waals surface area (Å²) in [5.41, 5.74) is 7.14. The van der Waals surface area contributed by atoms with Crippen LogP contribution in [0.15, 0.2) is 24.8 Å². The second-order valence-electron chi connectivity index (χ2n) is 3.10. The van der Waals surface area contributed by atoms with Crippen LogP contribution in [0.25, 0.3) is 0 Å². The van der Waals surface area contributed by atoms with Gasteiger partial charge in [-0.05, 0) is 25.8 Å². The summed E-state index contributed by atoms with van der Waals surface area (Å²) in [4.78, 5) is 4.20. The van der Waals surface area contributed by atoms with Crippen LogP contribution < -0.4 is 10.5 Å². The minimum Gasteiger partial charge on any atom is -0.478 e. The van der Waals surface area contributed by atoms with E-state index in [1.54, 1.807) is 6.07 Å². The van der Waals surface area contributed by atoms with Gasteiger partial charge in [0.15, 0.2) is 0 Å². The Hall–Kier alpha value is -1.51. The Labute approximate surface area is 84.6 Å². The van der Waals surface area contributed by atoms with Crippen molar-refractivity contribution >= 4 is 5.69 Å². The molecule has 14 heavy (non-hydrogen) atoms. The summed E-state index contributed by atoms with van der Waals surface area (Å²) >= 11 is 0. The second kappa shape index (κ2) is 5.27. The molecule has 3 nitrogen and oxygen atoms in total. The van der Waals surface area contributed by atoms with Crippen molar-refractivity contribution < 1.29 is 4.74 Å². The van der Waals surface area contributed by atoms with E-state index in [2.05, 4.69) is 11.6 Å². The molecule has 0 aromatic carbocycles. The van der Waals surface area contributed by atoms with E-state index in [-0.39, 0.29) is 0 Å². The van der Waals surface area contributed by atoms with Gasteiger partial charge in [0.1, 0.15) is 0 Å². The lowest BCUT2D eigenvalue weighted by atomic mass is 10.3. The number of hydrogen-bond donors (Lipinski definition) is 1. The Morgan fingerprint density at radius 3 is 3.00 bits per heavy atom. The molecule has 0 amide bonds. The molecule has 3 heteroatoms. The van der Waals surface area contributed by atoms with Crippen molar-refractivity contribution in [3.05, 3.63) is 30.5 Å². The molecule has 0 spiro atoms. The number of unbranched alkanes of at least 4 members (excludes halogenated alkanes) is 1. The highest BCUT2D eigenvalue weighted by atomic mass is 16.5. The largest absolute Gasteiger partial charge is 0.478 e. The van der Waals surface area contributed by atoms with Crippen molar-refractivity contribution in [2.45, 2.75) is 19.8 Å². The number of aryl methyl sites for hydroxylation is 1. The zero-order chi connectivity index (χ0) is 10.4. The Kier molecular flexibility index (Phi) is 3.98. The van der Waals surface area contributed by atoms with Crippen molar-refractivity contribution in [2.75, 3.05) is 12.3 Å². The number of aromatic nitrogens is 1. The molecule has 2 N–H and O–H groups in total. The average molecular weight is 192 g/mol. The van der Waals surface area contributed by atoms with E-state index >= 15 is 0 Å². The molecule has 1 aromatic rings. The van der Waals surface area contributed by atoms with Gasteiger partial charge in [0.05, 0.1) is 18.0 Å². The SMILES string of the molecule is C=CCCCOc1ccc(N)c(C)n1. The third-order valence-electron chi connectivity index (χ3n) is 1.90. The maximum absolute atomic E-state index is 5.63. The molecule has 0 saturated heterocycles. The number of nitrogens with zero attached hydrogens (tertiary/aromatic N) is 1. The average Bonchev–Trinajstić information content (AvgIpc) is 2.18. The molecule has 0 aliphatic rings. The Balaban J connectivity index is 2.43. The van der Waals surface area contributed by atoms with Gasteiger partial charge in [-0.15, -0.1) is 6.58 Å². The number of pyridine rings is 1. The topological polar surface area (TPSA) is 48.1 Å². The number of nitrogens with two attached hydrogens (primary N) is 1. The van der Waals surface area contributed by atoms with Gasteiger partial charge in [-0.3, -0.25) is 0 Å². The van der Waals surface area contributed by atoms with Gasteiger partial charge in [-0.25, -0.2) is 4.98 Å². The van der Waals surface area contributed by atoms with E-state index in [9.17, 15) is 0 Å². The fourth-order valence-corrected chi connectivity index (χ4v) is 1.03. The van der Waals surface area contributed by atoms with Crippen molar-refractivity contribution in [2.24, 2.45) is 0 Å². The number of hydrogen-bond acceptors (Lipinski definition) is 3. The van der Waals surface area contributed by atoms with E-state index in [4.69, 9.17) is 10.5 Å². The molecule has 0 unspecified atom stereocenters. The Bertz CT molecular complexity index is 310. The first kappa shape index (κ1) is 10.6. The maximum Gasteiger partial charge on any atom is 0.213 e. The lowest BCUT2D eigenvalue weighted by molar-refractivity contribution is 0.300. The molecule has 76 valence electrons. The molecule has 0 fully saturated rings. The predicted molar refractivity (Wildman–Crippen MR) is 58.3 cm³/mol. The second-order valence-corrected chi connectivity index (χ2v) is 3.10. The van der Waals surface area contributed by atoms with Gasteiger partial charge in [0, 0.05) is 6.07 Å². The van der Waals surface area contributed by atoms with Gasteiger partial charge in [0.2, 0.25) is 5.88 Å². The van der Waals surface area contributed by atoms with Gasteiger partial charge < -0.3 is 10.5 Å². The highest BCUT2D eigenvalue weighted by Gasteiger charge is 1.98. The summed E-state index contributed by atoms with van der Waals surface area (Å²) in [6.45, 7) is 6.18. The van der Waals surface area contributed by atoms with Crippen molar-refractivity contribution in [3.63, 3.8) is 0 Å². The summed E-state index contributed by atoms with van der Waals surface area (Å²) < 4.78 is 5.43. The van der Waals surface area contributed by atoms with E-state index < -0.39 is 0 Å². The van der Waals surface area contributed by atoms with E-state index in [1.807, 2.05) is 19.1 Å². The Morgan fingerprint density at radius 2 is 2.36 bits per heavy atom. The zero-order valence-electron chi connectivity index (χ0n) is 8.49. The van der Waals surface area contributed by atoms with Gasteiger partial charge in [0.25, 0.3) is 0 Å². The lowest BCUT2D eigenvalue weighted by Crippen LogP contribution is -2.00. The normalized spacial score (nSPS) is 9.79. The summed E-state index contributed by atoms with van der Waals surface area (Å²) in [7, 11) is 0. The van der Waals surface area contributed by atoms with Crippen LogP contribution >= 0.6 is 0 Å². The third kappa shape index (κ3) is 3.09. The van der Waals surface area contributed by atoms with Crippen molar-refractivity contribution in [3.8, 4) is 5.88 Å². The summed E-state index contributed by atoms with van der Waals surface area (Å²) in [5, 5.41) is 0. The molecular formula is C11H16N2O. The zero-order valence-corrected chi connectivity index (χ0v) is 8.49. The highest BCUT2D eigenvalue weighted by Crippen LogP contribution is 2.13. The number of allylic oxidation sites excluding steroid dienone is 1. The van der Waals surface area contributed by atoms with Crippen LogP contribution in [0.1, 0.15) is 18.5 Å². The molecule has 1 heterocycles. The fourth-order valence-electron chi connectivity index (χ4n) is 1.03. The molecule has 0 radical (unpaired) electrons. The van der Waals surface area contributed by atoms with Gasteiger partial charge >= 0.3 is 0 Å². The molecule has 1 aromatic heterocycles. The third-order valence-corrected chi connectivity index (χ3v) is 1.90. The highest BCUT2D eigenvalue weighted by molar-refractivity contribution is 5.43. The van der Waals surface area contributed by atoms with Crippen molar-refractivity contribution in [1.29, 1.82) is 0 Å². The van der Waals surface area contributed by atoms with Crippen LogP contribution in [0.4, 0.5) is 5.69 Å². The first-order valence-corrected chi connectivity index (χ1v) is 4.71. The quantitative estimate of drug-likeness (QED) is 0.575. The van der Waals surface area contributed by atoms with Gasteiger partial charge in [-0.1, -0.05) is 6.08 Å². The van der Waals surface area contributed by atoms with E-state index in [1.165, 1.54) is 0 Å². The Morgan fingerprint density at radius 1 is 1.57 bits per heavy atom. The summed E-state index contributed by atoms with van der Waals surface area (Å²) in [6, 6.07) is 3.60. The number of ether oxygens (including phenoxy) is 1. The van der Waals surface area contributed by atoms with Crippen LogP contribution in [0.3, 0.4) is 0 Å². The minimum absolute atomic E-state index is 0.640. The smallest absolute Gasteiger partial charge is 0.213 e. The maximum atomic E-state index is 5.63. The summed E-state index contributed by atoms with van der Waals surface area (Å²) in [5.74, 6) is 0.640. The molecular weight excluding hydrogens is 176 g/mol. The number of anilines is 1. The van der Waals surface area contributed by atoms with Crippen LogP contribution in [-0.4, -0.2) is 11.6 Å². The lowest BCUT2D eigenvalue weighted by Gasteiger charge is -2.05. The van der Waals surface area contributed by atoms with Gasteiger partial charge in [-0.2, -0.15) is 0 Å². The number of rotatable bonds is 5. The first-order valence-electron chi connectivity index (χ1n) is 4.71. The molecule has 0 atom stereocenters. The van der Waals surface area contributed by atoms with E-state index in [0.29, 0.717) is 18.2 Å². The standard InChI is InChI=1S/C11H16N2O/c1-3-4-5-8-14-11-7-6-10(12)9(2)13-11/h3,6-7H,1,4-5,8,12H2,2H3. The monoisotopic (exact) mass is 192 g/mol.